The van der Waals surface area contributed by atoms with Gasteiger partial charge in [0.1, 0.15) is 22.3 Å². The van der Waals surface area contributed by atoms with Crippen molar-refractivity contribution >= 4 is 109 Å². The van der Waals surface area contributed by atoms with Crippen molar-refractivity contribution in [3.63, 3.8) is 0 Å². The van der Waals surface area contributed by atoms with Crippen LogP contribution in [-0.4, -0.2) is 9.97 Å². The molecule has 4 nitrogen and oxygen atoms in total. The first-order chi connectivity index (χ1) is 51.6. The number of nitrogens with zero attached hydrogens (tertiary/aromatic N) is 2. The van der Waals surface area contributed by atoms with Crippen molar-refractivity contribution in [3.05, 3.63) is 376 Å². The first-order valence-corrected chi connectivity index (χ1v) is 35.5. The van der Waals surface area contributed by atoms with Crippen LogP contribution in [-0.2, 0) is 0 Å². The fourth-order valence-electron chi connectivity index (χ4n) is 16.1. The minimum Gasteiger partial charge on any atom is -0.456 e. The third-order valence-corrected chi connectivity index (χ3v) is 21.1. The van der Waals surface area contributed by atoms with Gasteiger partial charge in [-0.2, -0.15) is 0 Å². The summed E-state index contributed by atoms with van der Waals surface area (Å²) >= 11 is 0. The summed E-state index contributed by atoms with van der Waals surface area (Å²) < 4.78 is 12.8. The third-order valence-electron chi connectivity index (χ3n) is 21.1. The normalized spacial score (nSPS) is 11.7. The molecule has 0 bridgehead atoms. The molecule has 0 aliphatic carbocycles. The van der Waals surface area contributed by atoms with E-state index in [-0.39, 0.29) is 0 Å². The van der Waals surface area contributed by atoms with Crippen LogP contribution in [0.15, 0.2) is 385 Å². The van der Waals surface area contributed by atoms with Gasteiger partial charge in [-0.25, -0.2) is 0 Å². The van der Waals surface area contributed by atoms with Gasteiger partial charge in [-0.15, -0.1) is 0 Å². The molecule has 104 heavy (non-hydrogen) atoms. The van der Waals surface area contributed by atoms with Crippen LogP contribution in [0.5, 0.6) is 0 Å². The van der Waals surface area contributed by atoms with Crippen LogP contribution < -0.4 is 0 Å². The molecule has 0 aliphatic heterocycles. The van der Waals surface area contributed by atoms with Crippen molar-refractivity contribution < 1.29 is 8.83 Å². The number of fused-ring (bicyclic) bond motifs is 13. The number of pyridine rings is 2. The third kappa shape index (κ3) is 10.4. The van der Waals surface area contributed by atoms with E-state index in [1.165, 1.54) is 109 Å². The van der Waals surface area contributed by atoms with E-state index in [2.05, 4.69) is 364 Å². The van der Waals surface area contributed by atoms with Crippen LogP contribution in [0.3, 0.4) is 0 Å². The Balaban J connectivity index is 0.000000139. The summed E-state index contributed by atoms with van der Waals surface area (Å²) in [4.78, 5) is 10.3. The van der Waals surface area contributed by atoms with Crippen LogP contribution in [0.2, 0.25) is 0 Å². The number of rotatable bonds is 9. The zero-order valence-electron chi connectivity index (χ0n) is 56.5. The average molecular weight is 1320 g/mol. The highest BCUT2D eigenvalue weighted by atomic mass is 16.3. The summed E-state index contributed by atoms with van der Waals surface area (Å²) in [6, 6.07) is 130. The summed E-state index contributed by atoms with van der Waals surface area (Å²) in [5.74, 6) is 0. The van der Waals surface area contributed by atoms with E-state index in [4.69, 9.17) is 18.8 Å². The van der Waals surface area contributed by atoms with E-state index in [0.29, 0.717) is 0 Å². The van der Waals surface area contributed by atoms with Gasteiger partial charge in [-0.05, 0) is 168 Å². The van der Waals surface area contributed by atoms with E-state index in [0.717, 1.165) is 99.8 Å². The predicted octanol–water partition coefficient (Wildman–Crippen LogP) is 27.9. The molecule has 21 aromatic rings. The number of furan rings is 2. The van der Waals surface area contributed by atoms with E-state index in [9.17, 15) is 0 Å². The fourth-order valence-corrected chi connectivity index (χ4v) is 16.1. The van der Waals surface area contributed by atoms with E-state index in [1.807, 2.05) is 12.4 Å². The maximum absolute atomic E-state index is 6.54. The number of para-hydroxylation sites is 1. The maximum Gasteiger partial charge on any atom is 0.143 e. The van der Waals surface area contributed by atoms with Gasteiger partial charge in [0.05, 0.1) is 11.4 Å². The SMILES string of the molecule is c1ccc(-c2ccc(-c3c4ccccc4c(-c4ccc(-c5ccc(-c6ccc7oc8cc9ccccc9cc8c7c6)cc5)cn4)c4ccccc34)cc2)cc1.c1ccc(-c2ccc(-c3c4ccccc4c(-c4ccc(-c5cccc6c5oc5ccc7ccccc7c56)cn4)c4ccccc34)cc2)cc1. The summed E-state index contributed by atoms with van der Waals surface area (Å²) in [6.45, 7) is 0. The summed E-state index contributed by atoms with van der Waals surface area (Å²) in [5.41, 5.74) is 24.2. The predicted molar refractivity (Wildman–Crippen MR) is 437 cm³/mol. The lowest BCUT2D eigenvalue weighted by Gasteiger charge is -2.17. The Hall–Kier alpha value is -13.8. The van der Waals surface area contributed by atoms with Crippen LogP contribution in [0.4, 0.5) is 0 Å². The minimum atomic E-state index is 0.891. The van der Waals surface area contributed by atoms with Crippen molar-refractivity contribution in [2.45, 2.75) is 0 Å². The molecule has 4 heterocycles. The smallest absolute Gasteiger partial charge is 0.143 e. The maximum atomic E-state index is 6.54. The molecule has 0 amide bonds. The molecule has 0 radical (unpaired) electrons. The number of aromatic nitrogens is 2. The van der Waals surface area contributed by atoms with Gasteiger partial charge in [0, 0.05) is 61.8 Å². The molecule has 21 rings (SSSR count). The highest BCUT2D eigenvalue weighted by Gasteiger charge is 2.22. The molecule has 0 unspecified atom stereocenters. The second kappa shape index (κ2) is 25.1. The second-order valence-electron chi connectivity index (χ2n) is 27.0. The molecule has 0 atom stereocenters. The van der Waals surface area contributed by atoms with Crippen molar-refractivity contribution in [3.8, 4) is 100 Å². The largest absolute Gasteiger partial charge is 0.456 e. The molecular formula is C100H62N2O2. The van der Waals surface area contributed by atoms with Crippen LogP contribution in [0.1, 0.15) is 0 Å². The van der Waals surface area contributed by atoms with Gasteiger partial charge in [0.15, 0.2) is 0 Å². The van der Waals surface area contributed by atoms with Crippen molar-refractivity contribution in [2.75, 3.05) is 0 Å². The van der Waals surface area contributed by atoms with Crippen LogP contribution in [0.25, 0.3) is 209 Å². The molecule has 0 saturated heterocycles. The molecule has 0 N–H and O–H groups in total. The zero-order chi connectivity index (χ0) is 68.6. The number of hydrogen-bond acceptors (Lipinski definition) is 4. The first-order valence-electron chi connectivity index (χ1n) is 35.5. The number of benzene rings is 17. The Bertz CT molecular complexity index is 6780. The molecule has 4 aromatic heterocycles. The molecule has 4 heteroatoms. The summed E-state index contributed by atoms with van der Waals surface area (Å²) in [6.07, 6.45) is 4.01. The quantitative estimate of drug-likeness (QED) is 0.135. The van der Waals surface area contributed by atoms with Crippen molar-refractivity contribution in [1.82, 2.24) is 9.97 Å². The lowest BCUT2D eigenvalue weighted by molar-refractivity contribution is 0.669. The minimum absolute atomic E-state index is 0.891. The second-order valence-corrected chi connectivity index (χ2v) is 27.0. The Labute approximate surface area is 600 Å². The molecule has 17 aromatic carbocycles. The standard InChI is InChI=1S/C53H33NO.C47H29NO/c1-2-10-34(11-3-1)35-22-24-38(25-23-35)52-43-14-6-8-16-45(43)53(46-17-9-7-15-44(46)52)49-28-26-42(33-54-49)37-20-18-36(19-21-37)41-27-29-50-47(31-41)48-30-39-12-4-5-13-40(39)32-51(48)55-50;1-2-11-30(12-3-1)31-21-23-33(24-22-31)44-37-15-6-8-17-39(37)45(40-18-9-7-16-38(40)44)42-27-25-34(29-48-42)36-19-10-20-41-46-35-14-5-4-13-32(35)26-28-43(46)49-47(36)41/h1-33H;1-29H. The van der Waals surface area contributed by atoms with Crippen LogP contribution >= 0.6 is 0 Å². The highest BCUT2D eigenvalue weighted by Crippen LogP contribution is 2.47. The summed E-state index contributed by atoms with van der Waals surface area (Å²) in [7, 11) is 0. The van der Waals surface area contributed by atoms with Gasteiger partial charge < -0.3 is 8.83 Å². The van der Waals surface area contributed by atoms with Crippen molar-refractivity contribution in [2.24, 2.45) is 0 Å². The van der Waals surface area contributed by atoms with Gasteiger partial charge in [0.25, 0.3) is 0 Å². The monoisotopic (exact) mass is 1320 g/mol. The summed E-state index contributed by atoms with van der Waals surface area (Å²) in [5, 5.41) is 19.0. The van der Waals surface area contributed by atoms with E-state index < -0.39 is 0 Å². The van der Waals surface area contributed by atoms with Gasteiger partial charge >= 0.3 is 0 Å². The molecule has 0 saturated carbocycles. The number of hydrogen-bond donors (Lipinski definition) is 0. The van der Waals surface area contributed by atoms with Crippen LogP contribution in [0, 0.1) is 0 Å². The van der Waals surface area contributed by atoms with E-state index in [1.54, 1.807) is 0 Å². The van der Waals surface area contributed by atoms with E-state index >= 15 is 0 Å². The van der Waals surface area contributed by atoms with Gasteiger partial charge in [0.2, 0.25) is 0 Å². The highest BCUT2D eigenvalue weighted by molar-refractivity contribution is 6.24. The van der Waals surface area contributed by atoms with Gasteiger partial charge in [-0.1, -0.05) is 322 Å². The average Bonchev–Trinajstić information content (AvgIpc) is 0.823. The lowest BCUT2D eigenvalue weighted by atomic mass is 9.87. The Morgan fingerprint density at radius 2 is 0.548 bits per heavy atom. The Kier molecular flexibility index (Phi) is 14.5. The van der Waals surface area contributed by atoms with Gasteiger partial charge in [-0.3, -0.25) is 9.97 Å². The Morgan fingerprint density at radius 1 is 0.183 bits per heavy atom. The topological polar surface area (TPSA) is 52.1 Å². The fraction of sp³-hybridized carbons (Fsp3) is 0. The first kappa shape index (κ1) is 60.2. The zero-order valence-corrected chi connectivity index (χ0v) is 56.5. The molecule has 484 valence electrons. The molecule has 0 aliphatic rings. The Morgan fingerprint density at radius 3 is 1.05 bits per heavy atom. The molecule has 0 spiro atoms. The molecule has 0 fully saturated rings. The lowest BCUT2D eigenvalue weighted by Crippen LogP contribution is -1.93. The van der Waals surface area contributed by atoms with Crippen molar-refractivity contribution in [1.29, 1.82) is 0 Å². The molecular weight excluding hydrogens is 1260 g/mol.